The maximum absolute atomic E-state index is 12.6. The number of hydrogen-bond donors (Lipinski definition) is 0. The molecule has 1 aromatic heterocycles. The van der Waals surface area contributed by atoms with Crippen LogP contribution >= 0.6 is 0 Å². The van der Waals surface area contributed by atoms with Gasteiger partial charge in [0.15, 0.2) is 0 Å². The quantitative estimate of drug-likeness (QED) is 0.845. The van der Waals surface area contributed by atoms with Crippen molar-refractivity contribution in [2.45, 2.75) is 25.9 Å². The van der Waals surface area contributed by atoms with E-state index in [1.165, 1.54) is 12.8 Å². The SMILES string of the molecule is CN1C(=O)CN(c2nnc(CN3CCCC3)n2C)Cc2ccccc21. The van der Waals surface area contributed by atoms with Crippen molar-refractivity contribution in [3.63, 3.8) is 0 Å². The molecule has 2 aliphatic rings. The van der Waals surface area contributed by atoms with Crippen molar-refractivity contribution in [3.8, 4) is 0 Å². The number of likely N-dealkylation sites (tertiary alicyclic amines) is 1. The predicted molar refractivity (Wildman–Crippen MR) is 96.4 cm³/mol. The first kappa shape index (κ1) is 16.1. The van der Waals surface area contributed by atoms with E-state index < -0.39 is 0 Å². The lowest BCUT2D eigenvalue weighted by molar-refractivity contribution is -0.117. The molecule has 132 valence electrons. The number of carbonyl (C=O) groups excluding carboxylic acids is 1. The van der Waals surface area contributed by atoms with Crippen LogP contribution in [0.1, 0.15) is 24.2 Å². The molecule has 0 spiro atoms. The Morgan fingerprint density at radius 3 is 2.60 bits per heavy atom. The van der Waals surface area contributed by atoms with E-state index in [9.17, 15) is 4.79 Å². The first-order chi connectivity index (χ1) is 12.1. The molecular weight excluding hydrogens is 316 g/mol. The molecule has 0 bridgehead atoms. The van der Waals surface area contributed by atoms with Crippen LogP contribution in [0, 0.1) is 0 Å². The highest BCUT2D eigenvalue weighted by Crippen LogP contribution is 2.27. The standard InChI is InChI=1S/C18H24N6O/c1-21-15-8-4-3-7-14(15)11-24(13-17(21)25)18-20-19-16(22(18)2)12-23-9-5-6-10-23/h3-4,7-8H,5-6,9-13H2,1-2H3. The van der Waals surface area contributed by atoms with E-state index in [2.05, 4.69) is 21.2 Å². The fourth-order valence-corrected chi connectivity index (χ4v) is 3.68. The van der Waals surface area contributed by atoms with Gasteiger partial charge in [0.05, 0.1) is 6.54 Å². The summed E-state index contributed by atoms with van der Waals surface area (Å²) < 4.78 is 2.03. The summed E-state index contributed by atoms with van der Waals surface area (Å²) in [6, 6.07) is 8.04. The highest BCUT2D eigenvalue weighted by Gasteiger charge is 2.27. The largest absolute Gasteiger partial charge is 0.327 e. The molecular formula is C18H24N6O. The second-order valence-electron chi connectivity index (χ2n) is 6.90. The number of anilines is 2. The summed E-state index contributed by atoms with van der Waals surface area (Å²) in [6.45, 7) is 4.04. The highest BCUT2D eigenvalue weighted by atomic mass is 16.2. The van der Waals surface area contributed by atoms with E-state index in [0.717, 1.165) is 42.7 Å². The highest BCUT2D eigenvalue weighted by molar-refractivity contribution is 5.97. The van der Waals surface area contributed by atoms with Crippen LogP contribution in [0.2, 0.25) is 0 Å². The van der Waals surface area contributed by atoms with Gasteiger partial charge in [0.1, 0.15) is 12.4 Å². The van der Waals surface area contributed by atoms with Crippen molar-refractivity contribution in [1.29, 1.82) is 0 Å². The Hall–Kier alpha value is -2.41. The number of likely N-dealkylation sites (N-methyl/N-ethyl adjacent to an activating group) is 1. The number of carbonyl (C=O) groups is 1. The zero-order valence-electron chi connectivity index (χ0n) is 14.9. The van der Waals surface area contributed by atoms with E-state index in [-0.39, 0.29) is 5.91 Å². The van der Waals surface area contributed by atoms with Gasteiger partial charge in [0.2, 0.25) is 11.9 Å². The van der Waals surface area contributed by atoms with Crippen LogP contribution in [0.5, 0.6) is 0 Å². The van der Waals surface area contributed by atoms with E-state index >= 15 is 0 Å². The maximum Gasteiger partial charge on any atom is 0.246 e. The van der Waals surface area contributed by atoms with Crippen molar-refractivity contribution in [3.05, 3.63) is 35.7 Å². The van der Waals surface area contributed by atoms with Gasteiger partial charge in [-0.1, -0.05) is 18.2 Å². The second-order valence-corrected chi connectivity index (χ2v) is 6.90. The summed E-state index contributed by atoms with van der Waals surface area (Å²) in [4.78, 5) is 18.7. The molecule has 1 amide bonds. The van der Waals surface area contributed by atoms with Crippen molar-refractivity contribution in [1.82, 2.24) is 19.7 Å². The molecule has 0 unspecified atom stereocenters. The fourth-order valence-electron chi connectivity index (χ4n) is 3.68. The summed E-state index contributed by atoms with van der Waals surface area (Å²) >= 11 is 0. The van der Waals surface area contributed by atoms with Crippen LogP contribution in [-0.4, -0.2) is 52.3 Å². The minimum absolute atomic E-state index is 0.0639. The molecule has 2 aromatic rings. The van der Waals surface area contributed by atoms with Crippen molar-refractivity contribution in [2.24, 2.45) is 7.05 Å². The molecule has 1 aromatic carbocycles. The molecule has 1 fully saturated rings. The minimum Gasteiger partial charge on any atom is -0.327 e. The van der Waals surface area contributed by atoms with Crippen LogP contribution < -0.4 is 9.80 Å². The topological polar surface area (TPSA) is 57.5 Å². The molecule has 7 heteroatoms. The van der Waals surface area contributed by atoms with Crippen LogP contribution in [-0.2, 0) is 24.9 Å². The zero-order valence-corrected chi connectivity index (χ0v) is 14.9. The summed E-state index contributed by atoms with van der Waals surface area (Å²) in [5.41, 5.74) is 2.09. The van der Waals surface area contributed by atoms with Crippen LogP contribution in [0.25, 0.3) is 0 Å². The number of amides is 1. The van der Waals surface area contributed by atoms with Crippen molar-refractivity contribution < 1.29 is 4.79 Å². The molecule has 7 nitrogen and oxygen atoms in total. The summed E-state index contributed by atoms with van der Waals surface area (Å²) in [5.74, 6) is 1.77. The first-order valence-electron chi connectivity index (χ1n) is 8.83. The van der Waals surface area contributed by atoms with Crippen molar-refractivity contribution >= 4 is 17.5 Å². The van der Waals surface area contributed by atoms with E-state index in [0.29, 0.717) is 13.1 Å². The normalized spacial score (nSPS) is 18.6. The third kappa shape index (κ3) is 3.00. The number of rotatable bonds is 3. The van der Waals surface area contributed by atoms with E-state index in [4.69, 9.17) is 0 Å². The molecule has 0 aliphatic carbocycles. The summed E-state index contributed by atoms with van der Waals surface area (Å²) in [7, 11) is 3.83. The summed E-state index contributed by atoms with van der Waals surface area (Å²) in [5, 5.41) is 8.79. The number of fused-ring (bicyclic) bond motifs is 1. The van der Waals surface area contributed by atoms with Gasteiger partial charge in [-0.25, -0.2) is 0 Å². The molecule has 2 aliphatic heterocycles. The predicted octanol–water partition coefficient (Wildman–Crippen LogP) is 1.39. The lowest BCUT2D eigenvalue weighted by atomic mass is 10.1. The second kappa shape index (κ2) is 6.48. The molecule has 25 heavy (non-hydrogen) atoms. The molecule has 1 saturated heterocycles. The molecule has 0 N–H and O–H groups in total. The average Bonchev–Trinajstić information content (AvgIpc) is 3.22. The number of hydrogen-bond acceptors (Lipinski definition) is 5. The van der Waals surface area contributed by atoms with Crippen LogP contribution in [0.4, 0.5) is 11.6 Å². The van der Waals surface area contributed by atoms with Gasteiger partial charge in [-0.2, -0.15) is 0 Å². The van der Waals surface area contributed by atoms with Gasteiger partial charge >= 0.3 is 0 Å². The van der Waals surface area contributed by atoms with Gasteiger partial charge in [0, 0.05) is 26.3 Å². The molecule has 4 rings (SSSR count). The Bertz CT molecular complexity index is 780. The van der Waals surface area contributed by atoms with Gasteiger partial charge in [-0.05, 0) is 37.6 Å². The van der Waals surface area contributed by atoms with E-state index in [1.54, 1.807) is 4.90 Å². The van der Waals surface area contributed by atoms with Gasteiger partial charge in [-0.3, -0.25) is 14.3 Å². The first-order valence-corrected chi connectivity index (χ1v) is 8.83. The monoisotopic (exact) mass is 340 g/mol. The smallest absolute Gasteiger partial charge is 0.246 e. The molecule has 3 heterocycles. The molecule has 0 radical (unpaired) electrons. The fraction of sp³-hybridized carbons (Fsp3) is 0.500. The van der Waals surface area contributed by atoms with Crippen LogP contribution in [0.15, 0.2) is 24.3 Å². The van der Waals surface area contributed by atoms with Crippen molar-refractivity contribution in [2.75, 3.05) is 36.5 Å². The van der Waals surface area contributed by atoms with E-state index in [1.807, 2.05) is 41.8 Å². The Morgan fingerprint density at radius 2 is 1.80 bits per heavy atom. The maximum atomic E-state index is 12.6. The average molecular weight is 340 g/mol. The molecule has 0 saturated carbocycles. The third-order valence-corrected chi connectivity index (χ3v) is 5.20. The molecule has 0 atom stereocenters. The number of aromatic nitrogens is 3. The minimum atomic E-state index is 0.0639. The Labute approximate surface area is 147 Å². The third-order valence-electron chi connectivity index (χ3n) is 5.20. The number of nitrogens with zero attached hydrogens (tertiary/aromatic N) is 6. The van der Waals surface area contributed by atoms with Crippen LogP contribution in [0.3, 0.4) is 0 Å². The lowest BCUT2D eigenvalue weighted by Crippen LogP contribution is -2.36. The van der Waals surface area contributed by atoms with Gasteiger partial charge in [-0.15, -0.1) is 10.2 Å². The Kier molecular flexibility index (Phi) is 4.17. The Morgan fingerprint density at radius 1 is 1.04 bits per heavy atom. The number of para-hydroxylation sites is 1. The Balaban J connectivity index is 1.61. The zero-order chi connectivity index (χ0) is 17.4. The summed E-state index contributed by atoms with van der Waals surface area (Å²) in [6.07, 6.45) is 2.52. The van der Waals surface area contributed by atoms with Gasteiger partial charge in [0.25, 0.3) is 0 Å². The van der Waals surface area contributed by atoms with Gasteiger partial charge < -0.3 is 9.80 Å². The number of benzene rings is 1. The lowest BCUT2D eigenvalue weighted by Gasteiger charge is -2.21.